The number of hydrogen-bond donors (Lipinski definition) is 2. The smallest absolute Gasteiger partial charge is 0.131 e. The van der Waals surface area contributed by atoms with E-state index in [0.717, 1.165) is 23.9 Å². The maximum atomic E-state index is 5.28. The van der Waals surface area contributed by atoms with E-state index in [0.29, 0.717) is 6.54 Å². The van der Waals surface area contributed by atoms with Crippen LogP contribution in [0.25, 0.3) is 0 Å². The minimum absolute atomic E-state index is 0.599. The van der Waals surface area contributed by atoms with Crippen molar-refractivity contribution in [3.8, 4) is 0 Å². The fourth-order valence-corrected chi connectivity index (χ4v) is 2.16. The zero-order valence-corrected chi connectivity index (χ0v) is 12.4. The largest absolute Gasteiger partial charge is 0.467 e. The molecule has 0 saturated carbocycles. The highest BCUT2D eigenvalue weighted by Gasteiger charge is 2.01. The molecule has 2 N–H and O–H groups in total. The molecule has 0 fully saturated rings. The van der Waals surface area contributed by atoms with Crippen LogP contribution in [0.15, 0.2) is 59.5 Å². The molecule has 0 spiro atoms. The molecule has 112 valence electrons. The van der Waals surface area contributed by atoms with Crippen LogP contribution in [0.3, 0.4) is 0 Å². The van der Waals surface area contributed by atoms with Crippen LogP contribution in [0, 0.1) is 6.92 Å². The van der Waals surface area contributed by atoms with Crippen molar-refractivity contribution in [1.82, 2.24) is 9.97 Å². The van der Waals surface area contributed by atoms with Crippen molar-refractivity contribution in [1.29, 1.82) is 0 Å². The van der Waals surface area contributed by atoms with Crippen LogP contribution in [-0.2, 0) is 13.1 Å². The Hall–Kier alpha value is -2.82. The second-order valence-electron chi connectivity index (χ2n) is 5.06. The zero-order valence-electron chi connectivity index (χ0n) is 12.4. The van der Waals surface area contributed by atoms with E-state index in [4.69, 9.17) is 4.42 Å². The van der Waals surface area contributed by atoms with E-state index in [1.165, 1.54) is 11.1 Å². The number of anilines is 2. The molecule has 0 unspecified atom stereocenters. The summed E-state index contributed by atoms with van der Waals surface area (Å²) >= 11 is 0. The van der Waals surface area contributed by atoms with Crippen LogP contribution in [0.1, 0.15) is 16.9 Å². The Labute approximate surface area is 129 Å². The van der Waals surface area contributed by atoms with E-state index in [2.05, 4.69) is 51.8 Å². The third-order valence-corrected chi connectivity index (χ3v) is 3.25. The van der Waals surface area contributed by atoms with Gasteiger partial charge in [0.15, 0.2) is 0 Å². The highest BCUT2D eigenvalue weighted by molar-refractivity contribution is 5.46. The second kappa shape index (κ2) is 6.76. The minimum atomic E-state index is 0.599. The number of furan rings is 1. The number of benzene rings is 1. The van der Waals surface area contributed by atoms with Crippen LogP contribution < -0.4 is 10.6 Å². The molecule has 3 rings (SSSR count). The summed E-state index contributed by atoms with van der Waals surface area (Å²) in [7, 11) is 0. The molecule has 0 amide bonds. The third kappa shape index (κ3) is 3.85. The number of aryl methyl sites for hydroxylation is 1. The van der Waals surface area contributed by atoms with Crippen LogP contribution >= 0.6 is 0 Å². The molecular weight excluding hydrogens is 276 g/mol. The Morgan fingerprint density at radius 1 is 0.955 bits per heavy atom. The average molecular weight is 294 g/mol. The summed E-state index contributed by atoms with van der Waals surface area (Å²) in [5, 5.41) is 6.52. The standard InChI is InChI=1S/C17H18N4O/c1-13-4-2-5-14(8-13)10-18-16-9-17(21-12-20-16)19-11-15-6-3-7-22-15/h2-9,12H,10-11H2,1H3,(H2,18,19,20,21). The highest BCUT2D eigenvalue weighted by atomic mass is 16.3. The van der Waals surface area contributed by atoms with Crippen molar-refractivity contribution in [2.75, 3.05) is 10.6 Å². The van der Waals surface area contributed by atoms with Gasteiger partial charge in [0.05, 0.1) is 12.8 Å². The molecule has 5 nitrogen and oxygen atoms in total. The molecule has 0 bridgehead atoms. The molecule has 1 aromatic carbocycles. The van der Waals surface area contributed by atoms with Crippen molar-refractivity contribution >= 4 is 11.6 Å². The van der Waals surface area contributed by atoms with Gasteiger partial charge < -0.3 is 15.1 Å². The lowest BCUT2D eigenvalue weighted by atomic mass is 10.1. The third-order valence-electron chi connectivity index (χ3n) is 3.25. The molecule has 0 radical (unpaired) electrons. The molecule has 2 aromatic heterocycles. The first kappa shape index (κ1) is 14.1. The van der Waals surface area contributed by atoms with E-state index in [-0.39, 0.29) is 0 Å². The summed E-state index contributed by atoms with van der Waals surface area (Å²) < 4.78 is 5.28. The predicted molar refractivity (Wildman–Crippen MR) is 86.6 cm³/mol. The van der Waals surface area contributed by atoms with Crippen molar-refractivity contribution in [3.05, 3.63) is 71.9 Å². The molecule has 0 aliphatic rings. The maximum absolute atomic E-state index is 5.28. The van der Waals surface area contributed by atoms with Crippen LogP contribution in [0.4, 0.5) is 11.6 Å². The van der Waals surface area contributed by atoms with Gasteiger partial charge in [-0.2, -0.15) is 0 Å². The molecule has 22 heavy (non-hydrogen) atoms. The van der Waals surface area contributed by atoms with E-state index in [1.807, 2.05) is 18.2 Å². The Morgan fingerprint density at radius 2 is 1.77 bits per heavy atom. The van der Waals surface area contributed by atoms with E-state index < -0.39 is 0 Å². The van der Waals surface area contributed by atoms with Crippen molar-refractivity contribution in [2.45, 2.75) is 20.0 Å². The molecule has 5 heteroatoms. The van der Waals surface area contributed by atoms with Crippen LogP contribution in [0.2, 0.25) is 0 Å². The van der Waals surface area contributed by atoms with Gasteiger partial charge in [-0.3, -0.25) is 0 Å². The van der Waals surface area contributed by atoms with E-state index >= 15 is 0 Å². The predicted octanol–water partition coefficient (Wildman–Crippen LogP) is 3.60. The summed E-state index contributed by atoms with van der Waals surface area (Å²) in [5.74, 6) is 2.42. The van der Waals surface area contributed by atoms with E-state index in [9.17, 15) is 0 Å². The Kier molecular flexibility index (Phi) is 4.34. The van der Waals surface area contributed by atoms with Gasteiger partial charge in [-0.15, -0.1) is 0 Å². The summed E-state index contributed by atoms with van der Waals surface area (Å²) in [6.45, 7) is 3.42. The highest BCUT2D eigenvalue weighted by Crippen LogP contribution is 2.12. The average Bonchev–Trinajstić information content (AvgIpc) is 3.05. The first-order valence-electron chi connectivity index (χ1n) is 7.17. The van der Waals surface area contributed by atoms with Gasteiger partial charge in [0.2, 0.25) is 0 Å². The topological polar surface area (TPSA) is 63.0 Å². The Balaban J connectivity index is 1.59. The van der Waals surface area contributed by atoms with Gasteiger partial charge in [-0.1, -0.05) is 29.8 Å². The van der Waals surface area contributed by atoms with Gasteiger partial charge in [-0.25, -0.2) is 9.97 Å². The SMILES string of the molecule is Cc1cccc(CNc2cc(NCc3ccco3)ncn2)c1. The number of hydrogen-bond acceptors (Lipinski definition) is 5. The van der Waals surface area contributed by atoms with Crippen molar-refractivity contribution in [2.24, 2.45) is 0 Å². The second-order valence-corrected chi connectivity index (χ2v) is 5.06. The fraction of sp³-hybridized carbons (Fsp3) is 0.176. The van der Waals surface area contributed by atoms with Gasteiger partial charge in [0.25, 0.3) is 0 Å². The molecule has 0 atom stereocenters. The monoisotopic (exact) mass is 294 g/mol. The summed E-state index contributed by atoms with van der Waals surface area (Å²) in [6, 6.07) is 14.1. The minimum Gasteiger partial charge on any atom is -0.467 e. The molecule has 0 aliphatic heterocycles. The van der Waals surface area contributed by atoms with Gasteiger partial charge in [0.1, 0.15) is 23.7 Å². The van der Waals surface area contributed by atoms with E-state index in [1.54, 1.807) is 12.6 Å². The molecule has 0 saturated heterocycles. The lowest BCUT2D eigenvalue weighted by Gasteiger charge is -2.08. The zero-order chi connectivity index (χ0) is 15.2. The summed E-state index contributed by atoms with van der Waals surface area (Å²) in [5.41, 5.74) is 2.48. The normalized spacial score (nSPS) is 10.4. The first-order valence-corrected chi connectivity index (χ1v) is 7.17. The molecule has 0 aliphatic carbocycles. The maximum Gasteiger partial charge on any atom is 0.131 e. The Morgan fingerprint density at radius 3 is 2.50 bits per heavy atom. The number of rotatable bonds is 6. The van der Waals surface area contributed by atoms with Crippen molar-refractivity contribution < 1.29 is 4.42 Å². The lowest BCUT2D eigenvalue weighted by molar-refractivity contribution is 0.518. The van der Waals surface area contributed by atoms with Crippen LogP contribution in [0.5, 0.6) is 0 Å². The lowest BCUT2D eigenvalue weighted by Crippen LogP contribution is -2.05. The molecule has 3 aromatic rings. The summed E-state index contributed by atoms with van der Waals surface area (Å²) in [6.07, 6.45) is 3.20. The summed E-state index contributed by atoms with van der Waals surface area (Å²) in [4.78, 5) is 8.44. The molecular formula is C17H18N4O. The Bertz CT molecular complexity index is 725. The van der Waals surface area contributed by atoms with Crippen molar-refractivity contribution in [3.63, 3.8) is 0 Å². The quantitative estimate of drug-likeness (QED) is 0.727. The first-order chi connectivity index (χ1) is 10.8. The molecule has 2 heterocycles. The number of nitrogens with zero attached hydrogens (tertiary/aromatic N) is 2. The fourth-order valence-electron chi connectivity index (χ4n) is 2.16. The van der Waals surface area contributed by atoms with Gasteiger partial charge in [-0.05, 0) is 24.6 Å². The van der Waals surface area contributed by atoms with Gasteiger partial charge in [0, 0.05) is 12.6 Å². The number of nitrogens with one attached hydrogen (secondary N) is 2. The number of aromatic nitrogens is 2. The van der Waals surface area contributed by atoms with Gasteiger partial charge >= 0.3 is 0 Å². The van der Waals surface area contributed by atoms with Crippen LogP contribution in [-0.4, -0.2) is 9.97 Å².